The monoisotopic (exact) mass is 319 g/mol. The molecule has 0 saturated carbocycles. The van der Waals surface area contributed by atoms with Crippen molar-refractivity contribution < 1.29 is 9.18 Å². The molecule has 4 nitrogen and oxygen atoms in total. The fraction of sp³-hybridized carbons (Fsp3) is 0.375. The first-order valence-electron chi connectivity index (χ1n) is 7.38. The highest BCUT2D eigenvalue weighted by molar-refractivity contribution is 7.16. The zero-order valence-corrected chi connectivity index (χ0v) is 13.2. The van der Waals surface area contributed by atoms with E-state index >= 15 is 0 Å². The van der Waals surface area contributed by atoms with Crippen molar-refractivity contribution >= 4 is 22.4 Å². The molecule has 2 heterocycles. The van der Waals surface area contributed by atoms with Crippen LogP contribution in [-0.2, 0) is 4.79 Å². The molecular weight excluding hydrogens is 301 g/mol. The van der Waals surface area contributed by atoms with Crippen molar-refractivity contribution in [2.45, 2.75) is 32.2 Å². The number of aromatic nitrogens is 1. The number of nitrogens with one attached hydrogen (secondary N) is 2. The number of thiazole rings is 1. The number of hydrogen-bond acceptors (Lipinski definition) is 4. The van der Waals surface area contributed by atoms with Gasteiger partial charge >= 0.3 is 0 Å². The van der Waals surface area contributed by atoms with Crippen molar-refractivity contribution in [1.82, 2.24) is 10.3 Å². The maximum absolute atomic E-state index is 13.0. The zero-order valence-electron chi connectivity index (χ0n) is 12.4. The van der Waals surface area contributed by atoms with Gasteiger partial charge in [0, 0.05) is 22.9 Å². The molecular formula is C16H18FN3OS. The number of rotatable bonds is 4. The van der Waals surface area contributed by atoms with Gasteiger partial charge in [-0.3, -0.25) is 4.79 Å². The first kappa shape index (κ1) is 15.1. The van der Waals surface area contributed by atoms with E-state index in [1.807, 2.05) is 6.92 Å². The molecule has 1 fully saturated rings. The molecule has 1 aromatic heterocycles. The van der Waals surface area contributed by atoms with Gasteiger partial charge in [-0.2, -0.15) is 0 Å². The molecule has 2 aromatic rings. The second-order valence-electron chi connectivity index (χ2n) is 5.48. The van der Waals surface area contributed by atoms with Gasteiger partial charge in [-0.05, 0) is 50.6 Å². The number of carbonyl (C=O) groups excluding carboxylic acids is 1. The standard InChI is InChI=1S/C16H18FN3OS/c1-10-15(11-4-6-12(17)7-5-11)20-16(22-10)19-14(21)9-13-3-2-8-18-13/h4-7,13,18H,2-3,8-9H2,1H3,(H,19,20,21). The first-order valence-corrected chi connectivity index (χ1v) is 8.20. The average Bonchev–Trinajstić information content (AvgIpc) is 3.10. The Balaban J connectivity index is 1.69. The fourth-order valence-corrected chi connectivity index (χ4v) is 3.50. The van der Waals surface area contributed by atoms with Crippen LogP contribution in [0.15, 0.2) is 24.3 Å². The Bertz CT molecular complexity index is 663. The van der Waals surface area contributed by atoms with Gasteiger partial charge < -0.3 is 10.6 Å². The van der Waals surface area contributed by atoms with Crippen LogP contribution in [0.3, 0.4) is 0 Å². The van der Waals surface area contributed by atoms with E-state index in [1.54, 1.807) is 12.1 Å². The van der Waals surface area contributed by atoms with E-state index in [0.29, 0.717) is 11.6 Å². The highest BCUT2D eigenvalue weighted by atomic mass is 32.1. The smallest absolute Gasteiger partial charge is 0.227 e. The van der Waals surface area contributed by atoms with Crippen LogP contribution in [0.25, 0.3) is 11.3 Å². The number of aryl methyl sites for hydroxylation is 1. The van der Waals surface area contributed by atoms with Gasteiger partial charge in [-0.1, -0.05) is 0 Å². The number of halogens is 1. The Labute approximate surface area is 132 Å². The van der Waals surface area contributed by atoms with E-state index in [-0.39, 0.29) is 17.8 Å². The normalized spacial score (nSPS) is 17.6. The maximum Gasteiger partial charge on any atom is 0.227 e. The summed E-state index contributed by atoms with van der Waals surface area (Å²) in [5.41, 5.74) is 1.65. The van der Waals surface area contributed by atoms with Crippen LogP contribution in [0.1, 0.15) is 24.1 Å². The summed E-state index contributed by atoms with van der Waals surface area (Å²) in [6, 6.07) is 6.50. The van der Waals surface area contributed by atoms with Gasteiger partial charge in [0.2, 0.25) is 5.91 Å². The van der Waals surface area contributed by atoms with E-state index < -0.39 is 0 Å². The third-order valence-electron chi connectivity index (χ3n) is 3.75. The molecule has 3 rings (SSSR count). The summed E-state index contributed by atoms with van der Waals surface area (Å²) in [5.74, 6) is -0.284. The second-order valence-corrected chi connectivity index (χ2v) is 6.68. The van der Waals surface area contributed by atoms with Crippen LogP contribution in [0, 0.1) is 12.7 Å². The number of anilines is 1. The molecule has 1 saturated heterocycles. The van der Waals surface area contributed by atoms with Gasteiger partial charge in [0.15, 0.2) is 5.13 Å². The van der Waals surface area contributed by atoms with Crippen molar-refractivity contribution in [2.75, 3.05) is 11.9 Å². The molecule has 0 spiro atoms. The molecule has 1 amide bonds. The minimum absolute atomic E-state index is 0.0150. The summed E-state index contributed by atoms with van der Waals surface area (Å²) < 4.78 is 13.0. The van der Waals surface area contributed by atoms with Crippen LogP contribution < -0.4 is 10.6 Å². The van der Waals surface area contributed by atoms with E-state index in [4.69, 9.17) is 0 Å². The molecule has 116 valence electrons. The van der Waals surface area contributed by atoms with Crippen molar-refractivity contribution in [3.05, 3.63) is 35.0 Å². The third kappa shape index (κ3) is 3.51. The quantitative estimate of drug-likeness (QED) is 0.909. The lowest BCUT2D eigenvalue weighted by Gasteiger charge is -2.08. The summed E-state index contributed by atoms with van der Waals surface area (Å²) in [4.78, 5) is 17.5. The van der Waals surface area contributed by atoms with Crippen molar-refractivity contribution in [2.24, 2.45) is 0 Å². The van der Waals surface area contributed by atoms with E-state index in [1.165, 1.54) is 23.5 Å². The van der Waals surface area contributed by atoms with Crippen LogP contribution in [-0.4, -0.2) is 23.5 Å². The van der Waals surface area contributed by atoms with Crippen LogP contribution in [0.2, 0.25) is 0 Å². The molecule has 0 radical (unpaired) electrons. The van der Waals surface area contributed by atoms with E-state index in [2.05, 4.69) is 15.6 Å². The summed E-state index contributed by atoms with van der Waals surface area (Å²) in [7, 11) is 0. The second kappa shape index (κ2) is 6.54. The van der Waals surface area contributed by atoms with Gasteiger partial charge in [0.25, 0.3) is 0 Å². The Morgan fingerprint density at radius 2 is 2.23 bits per heavy atom. The molecule has 1 aromatic carbocycles. The first-order chi connectivity index (χ1) is 10.6. The van der Waals surface area contributed by atoms with Crippen LogP contribution in [0.4, 0.5) is 9.52 Å². The SMILES string of the molecule is Cc1sc(NC(=O)CC2CCCN2)nc1-c1ccc(F)cc1. The Morgan fingerprint density at radius 3 is 2.91 bits per heavy atom. The van der Waals surface area contributed by atoms with Crippen LogP contribution >= 0.6 is 11.3 Å². The molecule has 0 aliphatic carbocycles. The molecule has 1 aliphatic rings. The number of hydrogen-bond donors (Lipinski definition) is 2. The third-order valence-corrected chi connectivity index (χ3v) is 4.64. The number of benzene rings is 1. The Kier molecular flexibility index (Phi) is 4.49. The number of carbonyl (C=O) groups is 1. The highest BCUT2D eigenvalue weighted by Gasteiger charge is 2.19. The molecule has 1 atom stereocenters. The maximum atomic E-state index is 13.0. The lowest BCUT2D eigenvalue weighted by molar-refractivity contribution is -0.116. The lowest BCUT2D eigenvalue weighted by Crippen LogP contribution is -2.27. The number of amides is 1. The minimum Gasteiger partial charge on any atom is -0.313 e. The Hall–Kier alpha value is -1.79. The molecule has 22 heavy (non-hydrogen) atoms. The lowest BCUT2D eigenvalue weighted by atomic mass is 10.1. The van der Waals surface area contributed by atoms with E-state index in [0.717, 1.165) is 35.5 Å². The minimum atomic E-state index is -0.269. The van der Waals surface area contributed by atoms with E-state index in [9.17, 15) is 9.18 Å². The molecule has 6 heteroatoms. The molecule has 0 bridgehead atoms. The van der Waals surface area contributed by atoms with Crippen molar-refractivity contribution in [3.8, 4) is 11.3 Å². The van der Waals surface area contributed by atoms with Crippen molar-refractivity contribution in [3.63, 3.8) is 0 Å². The van der Waals surface area contributed by atoms with Gasteiger partial charge in [-0.25, -0.2) is 9.37 Å². The van der Waals surface area contributed by atoms with Crippen LogP contribution in [0.5, 0.6) is 0 Å². The Morgan fingerprint density at radius 1 is 1.45 bits per heavy atom. The summed E-state index contributed by atoms with van der Waals surface area (Å²) in [5, 5.41) is 6.77. The summed E-state index contributed by atoms with van der Waals surface area (Å²) in [6.45, 7) is 2.94. The predicted molar refractivity (Wildman–Crippen MR) is 86.5 cm³/mol. The van der Waals surface area contributed by atoms with Gasteiger partial charge in [-0.15, -0.1) is 11.3 Å². The average molecular weight is 319 g/mol. The predicted octanol–water partition coefficient (Wildman–Crippen LogP) is 3.34. The summed E-state index contributed by atoms with van der Waals surface area (Å²) in [6.07, 6.45) is 2.65. The van der Waals surface area contributed by atoms with Gasteiger partial charge in [0.05, 0.1) is 5.69 Å². The van der Waals surface area contributed by atoms with Crippen molar-refractivity contribution in [1.29, 1.82) is 0 Å². The largest absolute Gasteiger partial charge is 0.313 e. The van der Waals surface area contributed by atoms with Gasteiger partial charge in [0.1, 0.15) is 5.82 Å². The zero-order chi connectivity index (χ0) is 15.5. The highest BCUT2D eigenvalue weighted by Crippen LogP contribution is 2.30. The molecule has 1 aliphatic heterocycles. The fourth-order valence-electron chi connectivity index (χ4n) is 2.65. The molecule has 1 unspecified atom stereocenters. The number of nitrogens with zero attached hydrogens (tertiary/aromatic N) is 1. The topological polar surface area (TPSA) is 54.0 Å². The molecule has 2 N–H and O–H groups in total. The summed E-state index contributed by atoms with van der Waals surface area (Å²) >= 11 is 1.44.